The first-order chi connectivity index (χ1) is 9.81. The molecular weight excluding hydrogens is 292 g/mol. The van der Waals surface area contributed by atoms with Crippen molar-refractivity contribution in [1.29, 1.82) is 0 Å². The first-order valence-corrected chi connectivity index (χ1v) is 13.1. The summed E-state index contributed by atoms with van der Waals surface area (Å²) < 4.78 is 2.26. The van der Waals surface area contributed by atoms with E-state index in [2.05, 4.69) is 46.6 Å². The molecule has 2 aromatic carbocycles. The van der Waals surface area contributed by atoms with Crippen LogP contribution >= 0.6 is 0 Å². The van der Waals surface area contributed by atoms with E-state index >= 15 is 0 Å². The summed E-state index contributed by atoms with van der Waals surface area (Å²) in [6.45, 7) is 8.42. The molecule has 0 aromatic heterocycles. The molecule has 0 fully saturated rings. The maximum absolute atomic E-state index is 10.8. The van der Waals surface area contributed by atoms with Gasteiger partial charge in [-0.2, -0.15) is 0 Å². The summed E-state index contributed by atoms with van der Waals surface area (Å²) in [5.74, 6) is 0. The third kappa shape index (κ3) is 3.97. The van der Waals surface area contributed by atoms with Crippen molar-refractivity contribution in [1.82, 2.24) is 0 Å². The Kier molecular flexibility index (Phi) is 4.56. The molecule has 5 heteroatoms. The quantitative estimate of drug-likeness (QED) is 0.818. The standard InChI is InChI=1S/C16H24N2OSi2/c1-20(2,17-15-11-7-5-8-12-15)18(21(3,4)19)16-13-9-6-10-14-16/h5-14,17,19H,1-4H3. The predicted molar refractivity (Wildman–Crippen MR) is 96.2 cm³/mol. The molecule has 21 heavy (non-hydrogen) atoms. The van der Waals surface area contributed by atoms with Crippen LogP contribution in [-0.4, -0.2) is 21.7 Å². The van der Waals surface area contributed by atoms with Crippen LogP contribution in [0, 0.1) is 0 Å². The summed E-state index contributed by atoms with van der Waals surface area (Å²) in [5.41, 5.74) is 2.20. The van der Waals surface area contributed by atoms with Crippen molar-refractivity contribution in [3.05, 3.63) is 60.7 Å². The van der Waals surface area contributed by atoms with Crippen molar-refractivity contribution in [3.63, 3.8) is 0 Å². The Balaban J connectivity index is 2.36. The number of para-hydroxylation sites is 2. The lowest BCUT2D eigenvalue weighted by atomic mass is 10.3. The summed E-state index contributed by atoms with van der Waals surface area (Å²) in [7, 11) is -4.54. The van der Waals surface area contributed by atoms with Crippen LogP contribution in [0.3, 0.4) is 0 Å². The zero-order valence-corrected chi connectivity index (χ0v) is 15.2. The third-order valence-electron chi connectivity index (χ3n) is 3.34. The molecule has 3 nitrogen and oxygen atoms in total. The second-order valence-electron chi connectivity index (χ2n) is 6.22. The molecule has 2 N–H and O–H groups in total. The summed E-state index contributed by atoms with van der Waals surface area (Å²) in [6, 6.07) is 20.4. The van der Waals surface area contributed by atoms with Gasteiger partial charge < -0.3 is 14.0 Å². The van der Waals surface area contributed by atoms with E-state index in [1.165, 1.54) is 0 Å². The number of anilines is 2. The highest BCUT2D eigenvalue weighted by Crippen LogP contribution is 2.27. The number of nitrogens with zero attached hydrogens (tertiary/aromatic N) is 1. The van der Waals surface area contributed by atoms with Gasteiger partial charge in [-0.1, -0.05) is 36.4 Å². The van der Waals surface area contributed by atoms with Crippen LogP contribution in [0.5, 0.6) is 0 Å². The molecule has 2 rings (SSSR count). The SMILES string of the molecule is C[Si](C)(O)N(c1ccccc1)[Si](C)(C)Nc1ccccc1. The van der Waals surface area contributed by atoms with Gasteiger partial charge in [0, 0.05) is 11.4 Å². The highest BCUT2D eigenvalue weighted by molar-refractivity contribution is 6.98. The molecule has 112 valence electrons. The van der Waals surface area contributed by atoms with Crippen LogP contribution < -0.4 is 9.21 Å². The van der Waals surface area contributed by atoms with Crippen molar-refractivity contribution >= 4 is 28.3 Å². The van der Waals surface area contributed by atoms with Crippen LogP contribution in [0.2, 0.25) is 26.2 Å². The van der Waals surface area contributed by atoms with Gasteiger partial charge >= 0.3 is 0 Å². The molecule has 0 heterocycles. The largest absolute Gasteiger partial charge is 0.416 e. The molecule has 0 aliphatic carbocycles. The number of rotatable bonds is 5. The Labute approximate surface area is 129 Å². The van der Waals surface area contributed by atoms with E-state index in [1.54, 1.807) is 0 Å². The zero-order valence-electron chi connectivity index (χ0n) is 13.2. The second-order valence-corrected chi connectivity index (χ2v) is 13.9. The number of hydrogen-bond donors (Lipinski definition) is 2. The molecule has 0 saturated carbocycles. The van der Waals surface area contributed by atoms with Crippen molar-refractivity contribution in [2.45, 2.75) is 26.2 Å². The third-order valence-corrected chi connectivity index (χ3v) is 10.3. The minimum atomic E-state index is -2.48. The maximum atomic E-state index is 10.8. The van der Waals surface area contributed by atoms with Crippen molar-refractivity contribution < 1.29 is 4.80 Å². The first kappa shape index (κ1) is 15.8. The van der Waals surface area contributed by atoms with Crippen LogP contribution in [0.25, 0.3) is 0 Å². The number of nitrogens with one attached hydrogen (secondary N) is 1. The Hall–Kier alpha value is -1.57. The van der Waals surface area contributed by atoms with E-state index in [0.29, 0.717) is 0 Å². The molecule has 0 aliphatic heterocycles. The van der Waals surface area contributed by atoms with Gasteiger partial charge in [-0.25, -0.2) is 0 Å². The highest BCUT2D eigenvalue weighted by Gasteiger charge is 2.41. The Morgan fingerprint density at radius 2 is 1.29 bits per heavy atom. The fourth-order valence-electron chi connectivity index (χ4n) is 2.83. The number of benzene rings is 2. The van der Waals surface area contributed by atoms with Crippen molar-refractivity contribution in [2.24, 2.45) is 0 Å². The lowest BCUT2D eigenvalue weighted by molar-refractivity contribution is 0.552. The predicted octanol–water partition coefficient (Wildman–Crippen LogP) is 4.00. The summed E-state index contributed by atoms with van der Waals surface area (Å²) in [4.78, 5) is 14.5. The van der Waals surface area contributed by atoms with E-state index < -0.39 is 16.9 Å². The Bertz CT molecular complexity index is 568. The van der Waals surface area contributed by atoms with E-state index in [0.717, 1.165) is 11.4 Å². The highest BCUT2D eigenvalue weighted by atomic mass is 28.4. The van der Waals surface area contributed by atoms with Gasteiger partial charge in [0.1, 0.15) is 0 Å². The first-order valence-electron chi connectivity index (χ1n) is 7.22. The van der Waals surface area contributed by atoms with Crippen LogP contribution in [0.15, 0.2) is 60.7 Å². The van der Waals surface area contributed by atoms with Gasteiger partial charge in [0.25, 0.3) is 8.48 Å². The fourth-order valence-corrected chi connectivity index (χ4v) is 11.0. The molecular formula is C16H24N2OSi2. The summed E-state index contributed by atoms with van der Waals surface area (Å²) >= 11 is 0. The summed E-state index contributed by atoms with van der Waals surface area (Å²) in [6.07, 6.45) is 0. The molecule has 0 aliphatic rings. The Morgan fingerprint density at radius 1 is 0.810 bits per heavy atom. The molecule has 0 spiro atoms. The zero-order chi connectivity index (χ0) is 15.5. The van der Waals surface area contributed by atoms with E-state index in [4.69, 9.17) is 0 Å². The minimum absolute atomic E-state index is 1.09. The average Bonchev–Trinajstić information content (AvgIpc) is 2.38. The fraction of sp³-hybridized carbons (Fsp3) is 0.250. The van der Waals surface area contributed by atoms with Gasteiger partial charge in [0.05, 0.1) is 0 Å². The van der Waals surface area contributed by atoms with E-state index in [1.807, 2.05) is 49.5 Å². The van der Waals surface area contributed by atoms with E-state index in [-0.39, 0.29) is 0 Å². The molecule has 0 amide bonds. The molecule has 0 saturated heterocycles. The van der Waals surface area contributed by atoms with Crippen molar-refractivity contribution in [3.8, 4) is 0 Å². The minimum Gasteiger partial charge on any atom is -0.416 e. The number of hydrogen-bond acceptors (Lipinski definition) is 3. The topological polar surface area (TPSA) is 35.5 Å². The summed E-state index contributed by atoms with van der Waals surface area (Å²) in [5, 5.41) is 0. The Morgan fingerprint density at radius 3 is 1.76 bits per heavy atom. The van der Waals surface area contributed by atoms with Gasteiger partial charge in [-0.05, 0) is 50.5 Å². The maximum Gasteiger partial charge on any atom is 0.284 e. The normalized spacial score (nSPS) is 12.0. The monoisotopic (exact) mass is 316 g/mol. The lowest BCUT2D eigenvalue weighted by Gasteiger charge is -2.45. The van der Waals surface area contributed by atoms with Gasteiger partial charge in [-0.15, -0.1) is 0 Å². The van der Waals surface area contributed by atoms with Crippen LogP contribution in [0.1, 0.15) is 0 Å². The van der Waals surface area contributed by atoms with Crippen LogP contribution in [0.4, 0.5) is 11.4 Å². The van der Waals surface area contributed by atoms with Gasteiger partial charge in [0.15, 0.2) is 0 Å². The second kappa shape index (κ2) is 6.05. The van der Waals surface area contributed by atoms with Gasteiger partial charge in [-0.3, -0.25) is 0 Å². The van der Waals surface area contributed by atoms with Crippen LogP contribution in [-0.2, 0) is 0 Å². The molecule has 0 bridgehead atoms. The smallest absolute Gasteiger partial charge is 0.284 e. The van der Waals surface area contributed by atoms with Gasteiger partial charge in [0.2, 0.25) is 8.40 Å². The molecule has 0 radical (unpaired) electrons. The molecule has 2 aromatic rings. The average molecular weight is 317 g/mol. The van der Waals surface area contributed by atoms with Crippen molar-refractivity contribution in [2.75, 3.05) is 9.21 Å². The molecule has 0 unspecified atom stereocenters. The lowest BCUT2D eigenvalue weighted by Crippen LogP contribution is -2.66. The van der Waals surface area contributed by atoms with E-state index in [9.17, 15) is 4.80 Å². The molecule has 0 atom stereocenters.